The minimum absolute atomic E-state index is 0.108. The number of aryl methyl sites for hydroxylation is 1. The third-order valence-corrected chi connectivity index (χ3v) is 5.18. The topological polar surface area (TPSA) is 107 Å². The Labute approximate surface area is 156 Å². The first-order valence-electron chi connectivity index (χ1n) is 7.60. The first kappa shape index (κ1) is 18.0. The van der Waals surface area contributed by atoms with Gasteiger partial charge < -0.3 is 5.32 Å². The molecule has 0 atom stereocenters. The Morgan fingerprint density at radius 1 is 1.42 bits per heavy atom. The summed E-state index contributed by atoms with van der Waals surface area (Å²) < 4.78 is 1.19. The van der Waals surface area contributed by atoms with E-state index in [1.165, 1.54) is 34.4 Å². The van der Waals surface area contributed by atoms with Crippen LogP contribution in [0.5, 0.6) is 0 Å². The van der Waals surface area contributed by atoms with Gasteiger partial charge in [0.1, 0.15) is 11.4 Å². The summed E-state index contributed by atoms with van der Waals surface area (Å²) in [5, 5.41) is 13.9. The molecule has 134 valence electrons. The number of amides is 1. The highest BCUT2D eigenvalue weighted by Gasteiger charge is 2.14. The lowest BCUT2D eigenvalue weighted by molar-refractivity contribution is -0.384. The van der Waals surface area contributed by atoms with Gasteiger partial charge in [-0.05, 0) is 18.6 Å². The number of nitrogens with zero attached hydrogens (tertiary/aromatic N) is 3. The van der Waals surface area contributed by atoms with Crippen molar-refractivity contribution in [3.05, 3.63) is 61.0 Å². The number of rotatable bonds is 5. The van der Waals surface area contributed by atoms with Crippen molar-refractivity contribution in [3.63, 3.8) is 0 Å². The lowest BCUT2D eigenvalue weighted by Crippen LogP contribution is -2.27. The number of nitro groups is 1. The summed E-state index contributed by atoms with van der Waals surface area (Å²) in [6, 6.07) is 5.51. The molecule has 8 nitrogen and oxygen atoms in total. The third kappa shape index (κ3) is 3.58. The van der Waals surface area contributed by atoms with E-state index in [9.17, 15) is 19.7 Å². The molecule has 0 unspecified atom stereocenters. The maximum atomic E-state index is 12.5. The first-order valence-corrected chi connectivity index (χ1v) is 8.80. The lowest BCUT2D eigenvalue weighted by atomic mass is 10.2. The van der Waals surface area contributed by atoms with Crippen LogP contribution in [0.1, 0.15) is 11.8 Å². The summed E-state index contributed by atoms with van der Waals surface area (Å²) in [7, 11) is 0. The van der Waals surface area contributed by atoms with Crippen molar-refractivity contribution in [2.24, 2.45) is 0 Å². The minimum Gasteiger partial charge on any atom is -0.323 e. The standard InChI is InChI=1S/C16H13ClN4O4S/c1-2-10-6-11-15(26-10)18-8-20(16(11)23)7-14(22)19-13-5-9(21(24)25)3-4-12(13)17/h3-6,8H,2,7H2,1H3,(H,19,22). The monoisotopic (exact) mass is 392 g/mol. The van der Waals surface area contributed by atoms with Crippen LogP contribution in [-0.2, 0) is 17.8 Å². The number of non-ortho nitro benzene ring substituents is 1. The SMILES string of the molecule is CCc1cc2c(=O)n(CC(=O)Nc3cc([N+](=O)[O-])ccc3Cl)cnc2s1. The Morgan fingerprint density at radius 3 is 2.88 bits per heavy atom. The molecule has 0 saturated carbocycles. The number of halogens is 1. The van der Waals surface area contributed by atoms with Crippen molar-refractivity contribution in [1.29, 1.82) is 0 Å². The van der Waals surface area contributed by atoms with Gasteiger partial charge in [0.25, 0.3) is 11.2 Å². The highest BCUT2D eigenvalue weighted by atomic mass is 35.5. The zero-order valence-electron chi connectivity index (χ0n) is 13.6. The van der Waals surface area contributed by atoms with Crippen molar-refractivity contribution < 1.29 is 9.72 Å². The van der Waals surface area contributed by atoms with Gasteiger partial charge in [0.15, 0.2) is 0 Å². The molecule has 1 amide bonds. The number of carbonyl (C=O) groups is 1. The molecular formula is C16H13ClN4O4S. The second kappa shape index (κ2) is 7.22. The molecule has 0 aliphatic rings. The molecule has 0 spiro atoms. The van der Waals surface area contributed by atoms with Crippen LogP contribution >= 0.6 is 22.9 Å². The Hall–Kier alpha value is -2.78. The number of thiophene rings is 1. The number of benzene rings is 1. The number of fused-ring (bicyclic) bond motifs is 1. The van der Waals surface area contributed by atoms with Crippen LogP contribution in [0.4, 0.5) is 11.4 Å². The fraction of sp³-hybridized carbons (Fsp3) is 0.188. The summed E-state index contributed by atoms with van der Waals surface area (Å²) >= 11 is 7.40. The Bertz CT molecular complexity index is 1080. The summed E-state index contributed by atoms with van der Waals surface area (Å²) in [4.78, 5) is 40.9. The van der Waals surface area contributed by atoms with Crippen LogP contribution in [0.25, 0.3) is 10.2 Å². The molecule has 0 aliphatic heterocycles. The molecular weight excluding hydrogens is 380 g/mol. The molecule has 3 rings (SSSR count). The molecule has 0 bridgehead atoms. The highest BCUT2D eigenvalue weighted by molar-refractivity contribution is 7.18. The summed E-state index contributed by atoms with van der Waals surface area (Å²) in [6.07, 6.45) is 2.11. The van der Waals surface area contributed by atoms with Gasteiger partial charge in [0.05, 0.1) is 27.3 Å². The number of aromatic nitrogens is 2. The van der Waals surface area contributed by atoms with Crippen molar-refractivity contribution in [2.45, 2.75) is 19.9 Å². The normalized spacial score (nSPS) is 10.8. The predicted octanol–water partition coefficient (Wildman–Crippen LogP) is 3.22. The van der Waals surface area contributed by atoms with E-state index >= 15 is 0 Å². The van der Waals surface area contributed by atoms with Crippen LogP contribution in [0, 0.1) is 10.1 Å². The molecule has 0 saturated heterocycles. The van der Waals surface area contributed by atoms with Crippen LogP contribution in [-0.4, -0.2) is 20.4 Å². The summed E-state index contributed by atoms with van der Waals surface area (Å²) in [5.41, 5.74) is -0.404. The molecule has 0 aliphatic carbocycles. The predicted molar refractivity (Wildman–Crippen MR) is 100.0 cm³/mol. The largest absolute Gasteiger partial charge is 0.323 e. The fourth-order valence-electron chi connectivity index (χ4n) is 2.36. The first-order chi connectivity index (χ1) is 12.4. The van der Waals surface area contributed by atoms with Gasteiger partial charge in [-0.3, -0.25) is 24.3 Å². The van der Waals surface area contributed by atoms with E-state index in [0.717, 1.165) is 17.4 Å². The zero-order chi connectivity index (χ0) is 18.8. The van der Waals surface area contributed by atoms with Crippen molar-refractivity contribution in [1.82, 2.24) is 9.55 Å². The number of hydrogen-bond acceptors (Lipinski definition) is 6. The van der Waals surface area contributed by atoms with E-state index in [1.807, 2.05) is 6.92 Å². The third-order valence-electron chi connectivity index (χ3n) is 3.67. The Balaban J connectivity index is 1.83. The molecule has 2 aromatic heterocycles. The molecule has 10 heteroatoms. The molecule has 1 N–H and O–H groups in total. The van der Waals surface area contributed by atoms with Crippen molar-refractivity contribution in [2.75, 3.05) is 5.32 Å². The maximum Gasteiger partial charge on any atom is 0.271 e. The van der Waals surface area contributed by atoms with E-state index in [1.54, 1.807) is 6.07 Å². The van der Waals surface area contributed by atoms with Gasteiger partial charge in [0, 0.05) is 17.0 Å². The van der Waals surface area contributed by atoms with Crippen molar-refractivity contribution in [3.8, 4) is 0 Å². The quantitative estimate of drug-likeness (QED) is 0.529. The Kier molecular flexibility index (Phi) is 5.01. The summed E-state index contributed by atoms with van der Waals surface area (Å²) in [5.74, 6) is -0.540. The van der Waals surface area contributed by atoms with Gasteiger partial charge in [0.2, 0.25) is 5.91 Å². The zero-order valence-corrected chi connectivity index (χ0v) is 15.1. The van der Waals surface area contributed by atoms with Gasteiger partial charge in [-0.2, -0.15) is 0 Å². The van der Waals surface area contributed by atoms with Crippen LogP contribution in [0.15, 0.2) is 35.4 Å². The van der Waals surface area contributed by atoms with E-state index in [0.29, 0.717) is 10.2 Å². The molecule has 2 heterocycles. The second-order valence-corrected chi connectivity index (χ2v) is 6.95. The summed E-state index contributed by atoms with van der Waals surface area (Å²) in [6.45, 7) is 1.71. The molecule has 26 heavy (non-hydrogen) atoms. The average Bonchev–Trinajstić information content (AvgIpc) is 3.03. The van der Waals surface area contributed by atoms with Gasteiger partial charge in [-0.15, -0.1) is 11.3 Å². The molecule has 1 aromatic carbocycles. The maximum absolute atomic E-state index is 12.5. The number of anilines is 1. The number of nitrogens with one attached hydrogen (secondary N) is 1. The van der Waals surface area contributed by atoms with Gasteiger partial charge in [-0.25, -0.2) is 4.98 Å². The molecule has 3 aromatic rings. The fourth-order valence-corrected chi connectivity index (χ4v) is 3.45. The number of carbonyl (C=O) groups excluding carboxylic acids is 1. The molecule has 0 radical (unpaired) electrons. The smallest absolute Gasteiger partial charge is 0.271 e. The van der Waals surface area contributed by atoms with E-state index in [2.05, 4.69) is 10.3 Å². The van der Waals surface area contributed by atoms with Gasteiger partial charge in [-0.1, -0.05) is 18.5 Å². The van der Waals surface area contributed by atoms with Gasteiger partial charge >= 0.3 is 0 Å². The number of hydrogen-bond donors (Lipinski definition) is 1. The average molecular weight is 393 g/mol. The Morgan fingerprint density at radius 2 is 2.19 bits per heavy atom. The van der Waals surface area contributed by atoms with Crippen LogP contribution in [0.2, 0.25) is 5.02 Å². The second-order valence-electron chi connectivity index (χ2n) is 5.43. The van der Waals surface area contributed by atoms with E-state index < -0.39 is 10.8 Å². The van der Waals surface area contributed by atoms with Crippen LogP contribution < -0.4 is 10.9 Å². The minimum atomic E-state index is -0.587. The van der Waals surface area contributed by atoms with E-state index in [4.69, 9.17) is 11.6 Å². The number of nitro benzene ring substituents is 1. The van der Waals surface area contributed by atoms with Crippen molar-refractivity contribution >= 4 is 50.4 Å². The van der Waals surface area contributed by atoms with E-state index in [-0.39, 0.29) is 28.5 Å². The lowest BCUT2D eigenvalue weighted by Gasteiger charge is -2.08. The van der Waals surface area contributed by atoms with Crippen LogP contribution in [0.3, 0.4) is 0 Å². The molecule has 0 fully saturated rings. The highest BCUT2D eigenvalue weighted by Crippen LogP contribution is 2.26.